The summed E-state index contributed by atoms with van der Waals surface area (Å²) in [5.74, 6) is -1.23. The first-order valence-electron chi connectivity index (χ1n) is 5.40. The van der Waals surface area contributed by atoms with Gasteiger partial charge in [0, 0.05) is 12.3 Å². The maximum Gasteiger partial charge on any atom is 0.320 e. The second-order valence-corrected chi connectivity index (χ2v) is 4.20. The standard InChI is InChI=1S/C12H14N2O3/c13-10(12(15)16)6-9-8-4-2-1-3-7(8)5-11(9)14-17/h1-4,9-10,17H,5-6,13H2,(H,15,16)/b14-11-. The maximum absolute atomic E-state index is 10.8. The molecule has 5 nitrogen and oxygen atoms in total. The fourth-order valence-electron chi connectivity index (χ4n) is 2.26. The van der Waals surface area contributed by atoms with Gasteiger partial charge in [-0.1, -0.05) is 29.4 Å². The summed E-state index contributed by atoms with van der Waals surface area (Å²) in [7, 11) is 0. The Balaban J connectivity index is 2.28. The Morgan fingerprint density at radius 2 is 2.24 bits per heavy atom. The Labute approximate surface area is 98.6 Å². The molecule has 4 N–H and O–H groups in total. The van der Waals surface area contributed by atoms with Gasteiger partial charge in [0.25, 0.3) is 0 Å². The zero-order valence-electron chi connectivity index (χ0n) is 9.21. The number of carboxylic acid groups (broad SMARTS) is 1. The molecular weight excluding hydrogens is 220 g/mol. The predicted molar refractivity (Wildman–Crippen MR) is 62.3 cm³/mol. The third-order valence-electron chi connectivity index (χ3n) is 3.14. The van der Waals surface area contributed by atoms with Gasteiger partial charge in [-0.25, -0.2) is 0 Å². The van der Waals surface area contributed by atoms with Gasteiger partial charge in [-0.3, -0.25) is 4.79 Å². The van der Waals surface area contributed by atoms with E-state index in [2.05, 4.69) is 5.16 Å². The molecule has 1 aliphatic rings. The van der Waals surface area contributed by atoms with E-state index in [1.54, 1.807) is 0 Å². The Morgan fingerprint density at radius 1 is 1.53 bits per heavy atom. The number of carbonyl (C=O) groups is 1. The second kappa shape index (κ2) is 4.55. The van der Waals surface area contributed by atoms with Crippen LogP contribution in [-0.2, 0) is 11.2 Å². The number of carboxylic acids is 1. The molecule has 1 aliphatic carbocycles. The average Bonchev–Trinajstić information content (AvgIpc) is 2.67. The lowest BCUT2D eigenvalue weighted by molar-refractivity contribution is -0.138. The topological polar surface area (TPSA) is 95.9 Å². The minimum Gasteiger partial charge on any atom is -0.480 e. The highest BCUT2D eigenvalue weighted by atomic mass is 16.4. The fraction of sp³-hybridized carbons (Fsp3) is 0.333. The second-order valence-electron chi connectivity index (χ2n) is 4.20. The number of nitrogens with zero attached hydrogens (tertiary/aromatic N) is 1. The third kappa shape index (κ3) is 2.14. The molecule has 2 atom stereocenters. The normalized spacial score (nSPS) is 22.4. The molecule has 0 radical (unpaired) electrons. The van der Waals surface area contributed by atoms with E-state index < -0.39 is 12.0 Å². The number of hydrogen-bond donors (Lipinski definition) is 3. The molecule has 0 heterocycles. The lowest BCUT2D eigenvalue weighted by atomic mass is 9.93. The molecule has 1 aromatic carbocycles. The third-order valence-corrected chi connectivity index (χ3v) is 3.14. The minimum absolute atomic E-state index is 0.192. The largest absolute Gasteiger partial charge is 0.480 e. The van der Waals surface area contributed by atoms with Crippen molar-refractivity contribution < 1.29 is 15.1 Å². The Bertz CT molecular complexity index is 471. The van der Waals surface area contributed by atoms with Crippen LogP contribution in [0.1, 0.15) is 23.5 Å². The summed E-state index contributed by atoms with van der Waals surface area (Å²) in [6.45, 7) is 0. The van der Waals surface area contributed by atoms with Crippen LogP contribution >= 0.6 is 0 Å². The van der Waals surface area contributed by atoms with Crippen LogP contribution in [0.4, 0.5) is 0 Å². The quantitative estimate of drug-likeness (QED) is 0.536. The van der Waals surface area contributed by atoms with Gasteiger partial charge in [-0.05, 0) is 17.5 Å². The van der Waals surface area contributed by atoms with Crippen LogP contribution in [-0.4, -0.2) is 28.0 Å². The molecule has 0 fully saturated rings. The van der Waals surface area contributed by atoms with Gasteiger partial charge in [0.1, 0.15) is 6.04 Å². The summed E-state index contributed by atoms with van der Waals surface area (Å²) in [5, 5.41) is 21.0. The van der Waals surface area contributed by atoms with Gasteiger partial charge in [0.15, 0.2) is 0 Å². The van der Waals surface area contributed by atoms with E-state index in [4.69, 9.17) is 16.0 Å². The number of benzene rings is 1. The van der Waals surface area contributed by atoms with Gasteiger partial charge in [-0.15, -0.1) is 0 Å². The number of oxime groups is 1. The number of nitrogens with two attached hydrogens (primary N) is 1. The van der Waals surface area contributed by atoms with E-state index >= 15 is 0 Å². The van der Waals surface area contributed by atoms with Crippen molar-refractivity contribution in [1.29, 1.82) is 0 Å². The number of fused-ring (bicyclic) bond motifs is 1. The minimum atomic E-state index is -1.04. The number of hydrogen-bond acceptors (Lipinski definition) is 4. The molecule has 2 unspecified atom stereocenters. The van der Waals surface area contributed by atoms with Crippen LogP contribution < -0.4 is 5.73 Å². The summed E-state index contributed by atoms with van der Waals surface area (Å²) >= 11 is 0. The molecule has 17 heavy (non-hydrogen) atoms. The Kier molecular flexibility index (Phi) is 3.10. The van der Waals surface area contributed by atoms with E-state index in [9.17, 15) is 4.79 Å². The molecule has 0 aliphatic heterocycles. The highest BCUT2D eigenvalue weighted by Gasteiger charge is 2.31. The smallest absolute Gasteiger partial charge is 0.320 e. The zero-order valence-corrected chi connectivity index (χ0v) is 9.21. The molecule has 90 valence electrons. The van der Waals surface area contributed by atoms with Crippen molar-refractivity contribution in [3.05, 3.63) is 35.4 Å². The van der Waals surface area contributed by atoms with Crippen LogP contribution in [0.15, 0.2) is 29.4 Å². The first-order chi connectivity index (χ1) is 8.13. The van der Waals surface area contributed by atoms with Gasteiger partial charge in [-0.2, -0.15) is 0 Å². The highest BCUT2D eigenvalue weighted by Crippen LogP contribution is 2.34. The van der Waals surface area contributed by atoms with Crippen molar-refractivity contribution in [2.75, 3.05) is 0 Å². The summed E-state index contributed by atoms with van der Waals surface area (Å²) in [5.41, 5.74) is 8.20. The van der Waals surface area contributed by atoms with Crippen LogP contribution in [0.25, 0.3) is 0 Å². The molecule has 0 aromatic heterocycles. The van der Waals surface area contributed by atoms with E-state index in [-0.39, 0.29) is 12.3 Å². The first kappa shape index (κ1) is 11.6. The summed E-state index contributed by atoms with van der Waals surface area (Å²) < 4.78 is 0. The molecule has 1 aromatic rings. The van der Waals surface area contributed by atoms with Gasteiger partial charge in [0.05, 0.1) is 5.71 Å². The molecule has 0 saturated carbocycles. The lowest BCUT2D eigenvalue weighted by Crippen LogP contribution is -2.32. The van der Waals surface area contributed by atoms with E-state index in [0.717, 1.165) is 11.1 Å². The van der Waals surface area contributed by atoms with Crippen LogP contribution in [0, 0.1) is 0 Å². The SMILES string of the molecule is NC(CC1/C(=N\O)Cc2ccccc21)C(=O)O. The van der Waals surface area contributed by atoms with Crippen molar-refractivity contribution in [3.63, 3.8) is 0 Å². The predicted octanol–water partition coefficient (Wildman–Crippen LogP) is 0.958. The Hall–Kier alpha value is -1.88. The summed E-state index contributed by atoms with van der Waals surface area (Å²) in [6.07, 6.45) is 0.815. The maximum atomic E-state index is 10.8. The number of rotatable bonds is 3. The van der Waals surface area contributed by atoms with Gasteiger partial charge in [0.2, 0.25) is 0 Å². The van der Waals surface area contributed by atoms with Gasteiger partial charge >= 0.3 is 5.97 Å². The van der Waals surface area contributed by atoms with Crippen molar-refractivity contribution in [3.8, 4) is 0 Å². The molecule has 0 saturated heterocycles. The average molecular weight is 234 g/mol. The molecule has 2 rings (SSSR count). The monoisotopic (exact) mass is 234 g/mol. The highest BCUT2D eigenvalue weighted by molar-refractivity contribution is 5.97. The summed E-state index contributed by atoms with van der Waals surface area (Å²) in [6, 6.07) is 6.73. The molecule has 5 heteroatoms. The van der Waals surface area contributed by atoms with E-state index in [1.807, 2.05) is 24.3 Å². The van der Waals surface area contributed by atoms with Crippen molar-refractivity contribution >= 4 is 11.7 Å². The molecule has 0 spiro atoms. The van der Waals surface area contributed by atoms with Crippen molar-refractivity contribution in [2.45, 2.75) is 24.8 Å². The van der Waals surface area contributed by atoms with Crippen molar-refractivity contribution in [2.24, 2.45) is 10.9 Å². The molecular formula is C12H14N2O3. The lowest BCUT2D eigenvalue weighted by Gasteiger charge is -2.14. The van der Waals surface area contributed by atoms with Crippen LogP contribution in [0.2, 0.25) is 0 Å². The molecule has 0 bridgehead atoms. The van der Waals surface area contributed by atoms with Gasteiger partial charge < -0.3 is 16.0 Å². The van der Waals surface area contributed by atoms with Crippen LogP contribution in [0.3, 0.4) is 0 Å². The van der Waals surface area contributed by atoms with E-state index in [0.29, 0.717) is 12.1 Å². The first-order valence-corrected chi connectivity index (χ1v) is 5.40. The molecule has 0 amide bonds. The summed E-state index contributed by atoms with van der Waals surface area (Å²) in [4.78, 5) is 10.8. The van der Waals surface area contributed by atoms with Crippen molar-refractivity contribution in [1.82, 2.24) is 0 Å². The number of aliphatic carboxylic acids is 1. The zero-order chi connectivity index (χ0) is 12.4. The van der Waals surface area contributed by atoms with Crippen LogP contribution in [0.5, 0.6) is 0 Å². The fourth-order valence-corrected chi connectivity index (χ4v) is 2.26. The van der Waals surface area contributed by atoms with E-state index in [1.165, 1.54) is 0 Å². The Morgan fingerprint density at radius 3 is 2.88 bits per heavy atom.